The van der Waals surface area contributed by atoms with Crippen molar-refractivity contribution in [2.24, 2.45) is 23.5 Å². The second kappa shape index (κ2) is 29.7. The third-order valence-electron chi connectivity index (χ3n) is 11.9. The number of carbonyl (C=O) groups excluding carboxylic acids is 11. The minimum absolute atomic E-state index is 0.0461. The molecule has 1 heterocycles. The van der Waals surface area contributed by atoms with E-state index in [0.29, 0.717) is 10.5 Å². The lowest BCUT2D eigenvalue weighted by Gasteiger charge is -2.30. The van der Waals surface area contributed by atoms with Gasteiger partial charge in [-0.1, -0.05) is 66.2 Å². The Hall–Kier alpha value is -7.97. The first-order chi connectivity index (χ1) is 35.0. The highest BCUT2D eigenvalue weighted by Crippen LogP contribution is 2.21. The van der Waals surface area contributed by atoms with Crippen LogP contribution in [0.4, 0.5) is 0 Å². The average molecular weight is 1060 g/mol. The van der Waals surface area contributed by atoms with Crippen molar-refractivity contribution in [3.8, 4) is 0 Å². The molecule has 0 spiro atoms. The van der Waals surface area contributed by atoms with Gasteiger partial charge in [0.05, 0.1) is 25.5 Å². The van der Waals surface area contributed by atoms with Crippen molar-refractivity contribution in [2.75, 3.05) is 6.54 Å². The summed E-state index contributed by atoms with van der Waals surface area (Å²) in [5, 5.41) is 48.9. The number of benzene rings is 1. The van der Waals surface area contributed by atoms with E-state index in [4.69, 9.17) is 5.73 Å². The van der Waals surface area contributed by atoms with Crippen molar-refractivity contribution in [2.45, 2.75) is 149 Å². The molecule has 2 aromatic rings. The van der Waals surface area contributed by atoms with Crippen LogP contribution in [0, 0.1) is 17.8 Å². The first kappa shape index (κ1) is 63.1. The van der Waals surface area contributed by atoms with Crippen LogP contribution in [0.1, 0.15) is 93.6 Å². The van der Waals surface area contributed by atoms with Crippen LogP contribution in [0.15, 0.2) is 30.5 Å². The van der Waals surface area contributed by atoms with E-state index >= 15 is 0 Å². The highest BCUT2D eigenvalue weighted by Gasteiger charge is 2.38. The number of primary amides is 1. The number of aliphatic hydroxyl groups is 1. The number of hydrogen-bond donors (Lipinski definition) is 13. The van der Waals surface area contributed by atoms with Crippen LogP contribution in [0.5, 0.6) is 0 Å². The van der Waals surface area contributed by atoms with Gasteiger partial charge in [-0.05, 0) is 49.7 Å². The largest absolute Gasteiger partial charge is 0.481 e. The SMILES string of the molecule is CC[C@H](C)[C@H](NC(=O)[C@@H](NC(=O)[C@@H](NC(=O)CNC(=O)[C@H](C)NC(=O)[C@H](Cc1c[nH]c2ccccc12)N(C=O)C(C)=O)[C@@H](C)O)C(C)C)C(=O)N[C@@H](CC(N)=O)C(=O)N[C@@H](CC(=O)O)C(=O)N[C@@H](CC(C)C)C(=O)O. The molecule has 0 radical (unpaired) electrons. The van der Waals surface area contributed by atoms with Crippen LogP contribution in [0.25, 0.3) is 10.9 Å². The van der Waals surface area contributed by atoms with Crippen LogP contribution in [-0.2, 0) is 68.7 Å². The van der Waals surface area contributed by atoms with Gasteiger partial charge < -0.3 is 68.6 Å². The summed E-state index contributed by atoms with van der Waals surface area (Å²) in [5.41, 5.74) is 6.71. The number of fused-ring (bicyclic) bond motifs is 1. The Labute approximate surface area is 432 Å². The summed E-state index contributed by atoms with van der Waals surface area (Å²) < 4.78 is 0. The van der Waals surface area contributed by atoms with Gasteiger partial charge in [0.1, 0.15) is 48.3 Å². The number of hydrogen-bond acceptors (Lipinski definition) is 14. The van der Waals surface area contributed by atoms with Gasteiger partial charge in [0.15, 0.2) is 0 Å². The summed E-state index contributed by atoms with van der Waals surface area (Å²) in [4.78, 5) is 171. The number of amides is 11. The summed E-state index contributed by atoms with van der Waals surface area (Å²) in [6, 6.07) is -5.42. The third-order valence-corrected chi connectivity index (χ3v) is 11.9. The molecule has 27 heteroatoms. The molecule has 0 saturated carbocycles. The van der Waals surface area contributed by atoms with E-state index < -0.39 is 157 Å². The van der Waals surface area contributed by atoms with Crippen molar-refractivity contribution < 1.29 is 77.6 Å². The van der Waals surface area contributed by atoms with Gasteiger partial charge in [0.25, 0.3) is 0 Å². The number of nitrogens with two attached hydrogens (primary N) is 1. The van der Waals surface area contributed by atoms with Crippen molar-refractivity contribution in [1.29, 1.82) is 0 Å². The lowest BCUT2D eigenvalue weighted by molar-refractivity contribution is -0.145. The van der Waals surface area contributed by atoms with E-state index in [9.17, 15) is 77.6 Å². The molecule has 414 valence electrons. The molecule has 1 aromatic heterocycles. The van der Waals surface area contributed by atoms with Gasteiger partial charge in [-0.25, -0.2) is 4.79 Å². The maximum absolute atomic E-state index is 13.9. The van der Waals surface area contributed by atoms with Gasteiger partial charge in [-0.3, -0.25) is 62.4 Å². The normalized spacial score (nSPS) is 15.1. The second-order valence-corrected chi connectivity index (χ2v) is 18.9. The van der Waals surface area contributed by atoms with Crippen molar-refractivity contribution >= 4 is 88.3 Å². The van der Waals surface area contributed by atoms with E-state index in [1.165, 1.54) is 20.8 Å². The van der Waals surface area contributed by atoms with Gasteiger partial charge in [0.2, 0.25) is 65.5 Å². The number of aliphatic carboxylic acids is 2. The fourth-order valence-electron chi connectivity index (χ4n) is 7.53. The minimum Gasteiger partial charge on any atom is -0.481 e. The number of aliphatic hydroxyl groups excluding tert-OH is 1. The van der Waals surface area contributed by atoms with E-state index in [0.717, 1.165) is 24.8 Å². The number of carbonyl (C=O) groups is 13. The Morgan fingerprint density at radius 2 is 1.23 bits per heavy atom. The van der Waals surface area contributed by atoms with Gasteiger partial charge in [-0.2, -0.15) is 0 Å². The van der Waals surface area contributed by atoms with E-state index in [2.05, 4.69) is 47.5 Å². The molecule has 0 bridgehead atoms. The molecule has 0 aliphatic rings. The summed E-state index contributed by atoms with van der Waals surface area (Å²) >= 11 is 0. The number of aromatic amines is 1. The van der Waals surface area contributed by atoms with E-state index in [1.54, 1.807) is 58.2 Å². The molecule has 0 aliphatic heterocycles. The molecule has 1 aromatic carbocycles. The van der Waals surface area contributed by atoms with E-state index in [-0.39, 0.29) is 31.6 Å². The van der Waals surface area contributed by atoms with Crippen LogP contribution in [-0.4, -0.2) is 164 Å². The molecular weight excluding hydrogens is 987 g/mol. The summed E-state index contributed by atoms with van der Waals surface area (Å²) in [6.45, 7) is 12.3. The molecule has 14 N–H and O–H groups in total. The fraction of sp³-hybridized carbons (Fsp3) is 0.562. The monoisotopic (exact) mass is 1060 g/mol. The van der Waals surface area contributed by atoms with Gasteiger partial charge >= 0.3 is 11.9 Å². The maximum Gasteiger partial charge on any atom is 0.326 e. The first-order valence-corrected chi connectivity index (χ1v) is 24.1. The lowest BCUT2D eigenvalue weighted by Crippen LogP contribution is -2.62. The molecule has 0 unspecified atom stereocenters. The number of nitrogens with zero attached hydrogens (tertiary/aromatic N) is 1. The topological polar surface area (TPSA) is 424 Å². The van der Waals surface area contributed by atoms with Crippen LogP contribution in [0.3, 0.4) is 0 Å². The zero-order chi connectivity index (χ0) is 57.0. The molecule has 75 heavy (non-hydrogen) atoms. The molecule has 2 rings (SSSR count). The van der Waals surface area contributed by atoms with Gasteiger partial charge in [-0.15, -0.1) is 0 Å². The molecule has 0 fully saturated rings. The van der Waals surface area contributed by atoms with Crippen molar-refractivity contribution in [3.63, 3.8) is 0 Å². The van der Waals surface area contributed by atoms with Crippen LogP contribution < -0.4 is 48.3 Å². The molecule has 10 atom stereocenters. The number of aromatic nitrogens is 1. The van der Waals surface area contributed by atoms with Crippen molar-refractivity contribution in [1.82, 2.24) is 52.4 Å². The number of carboxylic acids is 2. The zero-order valence-corrected chi connectivity index (χ0v) is 43.3. The quantitative estimate of drug-likeness (QED) is 0.0339. The standard InChI is InChI=1S/C48H71N11O16/c1-10-24(6)39(46(72)54-31(17-35(49)63)42(68)53-32(18-37(65)66)43(69)55-33(48(74)75)15-22(2)3)58-45(71)38(23(4)5)57-47(73)40(26(8)61)56-36(64)20-51-41(67)25(7)52-44(70)34(59(21-60)27(9)62)16-28-19-50-30-14-12-11-13-29(28)30/h11-14,19,21-26,31-34,38-40,50,61H,10,15-18,20H2,1-9H3,(H2,49,63)(H,51,67)(H,52,70)(H,53,68)(H,54,72)(H,55,69)(H,56,64)(H,57,73)(H,58,71)(H,65,66)(H,74,75)/t24-,25-,26+,31-,32-,33-,34-,38-,39-,40-/m0/s1. The number of para-hydroxylation sites is 1. The van der Waals surface area contributed by atoms with Crippen molar-refractivity contribution in [3.05, 3.63) is 36.0 Å². The Kier molecular flexibility index (Phi) is 25.0. The number of imide groups is 1. The number of carboxylic acid groups (broad SMARTS) is 2. The summed E-state index contributed by atoms with van der Waals surface area (Å²) in [5.74, 6) is -14.8. The maximum atomic E-state index is 13.9. The summed E-state index contributed by atoms with van der Waals surface area (Å²) in [6.07, 6.45) is -1.60. The fourth-order valence-corrected chi connectivity index (χ4v) is 7.53. The second-order valence-electron chi connectivity index (χ2n) is 18.9. The Morgan fingerprint density at radius 3 is 1.75 bits per heavy atom. The molecule has 0 aliphatic carbocycles. The number of rotatable bonds is 31. The Morgan fingerprint density at radius 1 is 0.680 bits per heavy atom. The predicted octanol–water partition coefficient (Wildman–Crippen LogP) is -2.82. The van der Waals surface area contributed by atoms with E-state index in [1.807, 2.05) is 0 Å². The van der Waals surface area contributed by atoms with Crippen LogP contribution >= 0.6 is 0 Å². The molecule has 27 nitrogen and oxygen atoms in total. The first-order valence-electron chi connectivity index (χ1n) is 24.1. The summed E-state index contributed by atoms with van der Waals surface area (Å²) in [7, 11) is 0. The van der Waals surface area contributed by atoms with Gasteiger partial charge in [0, 0.05) is 30.4 Å². The minimum atomic E-state index is -1.88. The smallest absolute Gasteiger partial charge is 0.326 e. The highest BCUT2D eigenvalue weighted by atomic mass is 16.4. The predicted molar refractivity (Wildman–Crippen MR) is 266 cm³/mol. The molecule has 11 amide bonds. The average Bonchev–Trinajstić information content (AvgIpc) is 3.73. The Bertz CT molecular complexity index is 2420. The highest BCUT2D eigenvalue weighted by molar-refractivity contribution is 6.00. The van der Waals surface area contributed by atoms with Crippen LogP contribution in [0.2, 0.25) is 0 Å². The molecular formula is C48H71N11O16. The third kappa shape index (κ3) is 19.8. The molecule has 0 saturated heterocycles. The number of H-pyrrole nitrogens is 1. The number of nitrogens with one attached hydrogen (secondary N) is 9. The Balaban J connectivity index is 2.20. The lowest BCUT2D eigenvalue weighted by atomic mass is 9.95. The zero-order valence-electron chi connectivity index (χ0n) is 43.3.